The summed E-state index contributed by atoms with van der Waals surface area (Å²) in [5.74, 6) is 0. The lowest BCUT2D eigenvalue weighted by Gasteiger charge is -2.03. The van der Waals surface area contributed by atoms with Gasteiger partial charge in [-0.1, -0.05) is 51.2 Å². The smallest absolute Gasteiger partial charge is 0.0615 e. The van der Waals surface area contributed by atoms with Gasteiger partial charge in [0.05, 0.1) is 6.61 Å². The summed E-state index contributed by atoms with van der Waals surface area (Å²) in [5, 5.41) is 8.73. The van der Waals surface area contributed by atoms with Crippen molar-refractivity contribution in [2.45, 2.75) is 58.8 Å². The molecule has 0 atom stereocenters. The largest absolute Gasteiger partial charge is 0.392 e. The molecule has 13 heavy (non-hydrogen) atoms. The van der Waals surface area contributed by atoms with E-state index in [9.17, 15) is 0 Å². The van der Waals surface area contributed by atoms with Crippen LogP contribution in [0.4, 0.5) is 0 Å². The van der Waals surface area contributed by atoms with Crippen molar-refractivity contribution < 1.29 is 5.11 Å². The van der Waals surface area contributed by atoms with Gasteiger partial charge in [0, 0.05) is 0 Å². The van der Waals surface area contributed by atoms with Crippen molar-refractivity contribution in [1.82, 2.24) is 0 Å². The molecular formula is C12H24O. The van der Waals surface area contributed by atoms with Crippen molar-refractivity contribution in [2.75, 3.05) is 6.61 Å². The Morgan fingerprint density at radius 1 is 1.08 bits per heavy atom. The fourth-order valence-corrected chi connectivity index (χ4v) is 1.51. The molecule has 1 N–H and O–H groups in total. The zero-order valence-electron chi connectivity index (χ0n) is 9.18. The van der Waals surface area contributed by atoms with Crippen molar-refractivity contribution in [3.05, 3.63) is 11.6 Å². The summed E-state index contributed by atoms with van der Waals surface area (Å²) in [7, 11) is 0. The minimum atomic E-state index is 0.206. The average molecular weight is 184 g/mol. The highest BCUT2D eigenvalue weighted by Crippen LogP contribution is 2.13. The summed E-state index contributed by atoms with van der Waals surface area (Å²) in [6.07, 6.45) is 10.9. The Bertz CT molecular complexity index is 127. The molecule has 0 radical (unpaired) electrons. The number of allylic oxidation sites excluding steroid dienone is 1. The highest BCUT2D eigenvalue weighted by Gasteiger charge is 1.94. The molecule has 0 aromatic rings. The maximum Gasteiger partial charge on any atom is 0.0615 e. The molecule has 1 nitrogen and oxygen atoms in total. The van der Waals surface area contributed by atoms with Crippen LogP contribution in [-0.4, -0.2) is 11.7 Å². The number of hydrogen-bond donors (Lipinski definition) is 1. The third-order valence-corrected chi connectivity index (χ3v) is 2.44. The topological polar surface area (TPSA) is 20.2 Å². The molecule has 0 saturated heterocycles. The zero-order valence-corrected chi connectivity index (χ0v) is 9.18. The minimum Gasteiger partial charge on any atom is -0.392 e. The summed E-state index contributed by atoms with van der Waals surface area (Å²) in [6.45, 7) is 4.61. The van der Waals surface area contributed by atoms with Crippen molar-refractivity contribution in [1.29, 1.82) is 0 Å². The van der Waals surface area contributed by atoms with Gasteiger partial charge in [-0.2, -0.15) is 0 Å². The quantitative estimate of drug-likeness (QED) is 0.451. The van der Waals surface area contributed by atoms with Crippen molar-refractivity contribution >= 4 is 0 Å². The molecule has 0 saturated carbocycles. The molecule has 0 aromatic heterocycles. The molecule has 0 fully saturated rings. The van der Waals surface area contributed by atoms with Crippen LogP contribution in [0.25, 0.3) is 0 Å². The normalized spacial score (nSPS) is 12.1. The van der Waals surface area contributed by atoms with E-state index in [4.69, 9.17) is 5.11 Å². The van der Waals surface area contributed by atoms with Crippen LogP contribution in [0.2, 0.25) is 0 Å². The Morgan fingerprint density at radius 2 is 1.77 bits per heavy atom. The second-order valence-electron chi connectivity index (χ2n) is 3.56. The van der Waals surface area contributed by atoms with Crippen LogP contribution >= 0.6 is 0 Å². The van der Waals surface area contributed by atoms with E-state index >= 15 is 0 Å². The Hall–Kier alpha value is -0.300. The van der Waals surface area contributed by atoms with E-state index in [0.29, 0.717) is 0 Å². The summed E-state index contributed by atoms with van der Waals surface area (Å²) < 4.78 is 0. The third-order valence-electron chi connectivity index (χ3n) is 2.44. The summed E-state index contributed by atoms with van der Waals surface area (Å²) in [4.78, 5) is 0. The minimum absolute atomic E-state index is 0.206. The van der Waals surface area contributed by atoms with Crippen molar-refractivity contribution in [3.63, 3.8) is 0 Å². The van der Waals surface area contributed by atoms with Gasteiger partial charge in [-0.3, -0.25) is 0 Å². The molecular weight excluding hydrogens is 160 g/mol. The van der Waals surface area contributed by atoms with Gasteiger partial charge in [0.2, 0.25) is 0 Å². The van der Waals surface area contributed by atoms with E-state index in [1.165, 1.54) is 44.1 Å². The molecule has 1 heteroatoms. The van der Waals surface area contributed by atoms with Crippen LogP contribution in [0.15, 0.2) is 11.6 Å². The lowest BCUT2D eigenvalue weighted by molar-refractivity contribution is 0.341. The fourth-order valence-electron chi connectivity index (χ4n) is 1.51. The van der Waals surface area contributed by atoms with E-state index in [-0.39, 0.29) is 6.61 Å². The lowest BCUT2D eigenvalue weighted by Crippen LogP contribution is -1.86. The highest BCUT2D eigenvalue weighted by molar-refractivity contribution is 5.00. The maximum absolute atomic E-state index is 8.73. The zero-order chi connectivity index (χ0) is 9.94. The van der Waals surface area contributed by atoms with Crippen molar-refractivity contribution in [3.8, 4) is 0 Å². The highest BCUT2D eigenvalue weighted by atomic mass is 16.2. The van der Waals surface area contributed by atoms with Gasteiger partial charge in [0.15, 0.2) is 0 Å². The molecule has 78 valence electrons. The van der Waals surface area contributed by atoms with Gasteiger partial charge in [0.1, 0.15) is 0 Å². The molecule has 0 amide bonds. The molecule has 0 aliphatic heterocycles. The Balaban J connectivity index is 3.33. The van der Waals surface area contributed by atoms with E-state index in [1.807, 2.05) is 6.08 Å². The van der Waals surface area contributed by atoms with E-state index in [1.54, 1.807) is 0 Å². The molecule has 0 rings (SSSR count). The van der Waals surface area contributed by atoms with Gasteiger partial charge < -0.3 is 5.11 Å². The molecule has 0 aliphatic carbocycles. The number of rotatable bonds is 8. The first kappa shape index (κ1) is 12.7. The van der Waals surface area contributed by atoms with Crippen LogP contribution < -0.4 is 0 Å². The first-order chi connectivity index (χ1) is 6.35. The Morgan fingerprint density at radius 3 is 2.31 bits per heavy atom. The van der Waals surface area contributed by atoms with Gasteiger partial charge in [-0.15, -0.1) is 0 Å². The van der Waals surface area contributed by atoms with Crippen molar-refractivity contribution in [2.24, 2.45) is 0 Å². The predicted molar refractivity (Wildman–Crippen MR) is 58.8 cm³/mol. The number of aliphatic hydroxyl groups is 1. The second kappa shape index (κ2) is 9.79. The van der Waals surface area contributed by atoms with E-state index < -0.39 is 0 Å². The number of aliphatic hydroxyl groups excluding tert-OH is 1. The molecule has 0 aromatic carbocycles. The predicted octanol–water partition coefficient (Wildman–Crippen LogP) is 3.68. The molecule has 0 spiro atoms. The van der Waals surface area contributed by atoms with Crippen LogP contribution in [0.1, 0.15) is 58.8 Å². The lowest BCUT2D eigenvalue weighted by atomic mass is 10.0. The van der Waals surface area contributed by atoms with Gasteiger partial charge >= 0.3 is 0 Å². The number of hydrogen-bond acceptors (Lipinski definition) is 1. The molecule has 0 heterocycles. The maximum atomic E-state index is 8.73. The molecule has 0 unspecified atom stereocenters. The van der Waals surface area contributed by atoms with Gasteiger partial charge in [0.25, 0.3) is 0 Å². The van der Waals surface area contributed by atoms with Crippen LogP contribution in [0, 0.1) is 0 Å². The number of unbranched alkanes of at least 4 members (excludes halogenated alkanes) is 4. The molecule has 0 aliphatic rings. The summed E-state index contributed by atoms with van der Waals surface area (Å²) >= 11 is 0. The molecule has 0 bridgehead atoms. The summed E-state index contributed by atoms with van der Waals surface area (Å²) in [6, 6.07) is 0. The standard InChI is InChI=1S/C12H24O/c1-3-5-6-7-8-9-12(4-2)10-11-13/h10,13H,3-9,11H2,1-2H3/b12-10+. The van der Waals surface area contributed by atoms with Crippen LogP contribution in [0.5, 0.6) is 0 Å². The fraction of sp³-hybridized carbons (Fsp3) is 0.833. The van der Waals surface area contributed by atoms with Crippen LogP contribution in [0.3, 0.4) is 0 Å². The second-order valence-corrected chi connectivity index (χ2v) is 3.56. The first-order valence-corrected chi connectivity index (χ1v) is 5.63. The summed E-state index contributed by atoms with van der Waals surface area (Å²) in [5.41, 5.74) is 1.42. The van der Waals surface area contributed by atoms with Crippen LogP contribution in [-0.2, 0) is 0 Å². The third kappa shape index (κ3) is 8.04. The van der Waals surface area contributed by atoms with E-state index in [0.717, 1.165) is 6.42 Å². The monoisotopic (exact) mass is 184 g/mol. The Labute approximate surface area is 82.9 Å². The van der Waals surface area contributed by atoms with Gasteiger partial charge in [-0.05, 0) is 19.3 Å². The Kier molecular flexibility index (Phi) is 9.56. The van der Waals surface area contributed by atoms with E-state index in [2.05, 4.69) is 13.8 Å². The first-order valence-electron chi connectivity index (χ1n) is 5.63. The SMILES string of the molecule is CCCCCCC/C(=C/CO)CC. The van der Waals surface area contributed by atoms with Gasteiger partial charge in [-0.25, -0.2) is 0 Å². The average Bonchev–Trinajstić information content (AvgIpc) is 2.16.